The van der Waals surface area contributed by atoms with E-state index in [-0.39, 0.29) is 11.6 Å². The van der Waals surface area contributed by atoms with Crippen LogP contribution in [0.15, 0.2) is 48.7 Å². The van der Waals surface area contributed by atoms with Crippen LogP contribution < -0.4 is 26.2 Å². The number of aryl methyl sites for hydroxylation is 1. The standard InChI is InChI=1S/C32H40F3N8OP/c1-4-21-19-26(24(32(33,34)35)20-27(21)43-15-10-22(11-16-43)42-17-13-36-14-18-42)39-31-40-29-23(9-12-37-29)30(41-31)38-25-7-5-6-8-28(25)45(2,3)44/h5-9,12,19-20,22,36H,4,10-11,13-18H2,1-3H3,(H3,37,38,39,40,41). The first kappa shape index (κ1) is 31.4. The zero-order chi connectivity index (χ0) is 31.8. The van der Waals surface area contributed by atoms with Gasteiger partial charge >= 0.3 is 6.18 Å². The topological polar surface area (TPSA) is 101 Å². The number of para-hydroxylation sites is 1. The minimum Gasteiger partial charge on any atom is -0.371 e. The molecule has 2 aliphatic rings. The molecule has 13 heteroatoms. The van der Waals surface area contributed by atoms with Crippen molar-refractivity contribution in [3.8, 4) is 0 Å². The molecule has 0 atom stereocenters. The van der Waals surface area contributed by atoms with Crippen molar-refractivity contribution in [2.45, 2.75) is 38.4 Å². The highest BCUT2D eigenvalue weighted by molar-refractivity contribution is 7.70. The SMILES string of the molecule is CCc1cc(Nc2nc(Nc3ccccc3P(C)(C)=O)c3cc[nH]c3n2)c(C(F)(F)F)cc1N1CCC(N2CCNCC2)CC1. The molecule has 0 spiro atoms. The van der Waals surface area contributed by atoms with Gasteiger partial charge in [-0.05, 0) is 68.5 Å². The summed E-state index contributed by atoms with van der Waals surface area (Å²) in [4.78, 5) is 16.7. The average Bonchev–Trinajstić information content (AvgIpc) is 3.50. The van der Waals surface area contributed by atoms with Crippen LogP contribution in [0.5, 0.6) is 0 Å². The largest absolute Gasteiger partial charge is 0.418 e. The van der Waals surface area contributed by atoms with Gasteiger partial charge in [-0.2, -0.15) is 23.1 Å². The summed E-state index contributed by atoms with van der Waals surface area (Å²) in [5.41, 5.74) is 1.69. The molecule has 2 fully saturated rings. The van der Waals surface area contributed by atoms with Crippen LogP contribution in [0.25, 0.3) is 11.0 Å². The van der Waals surface area contributed by atoms with Gasteiger partial charge < -0.3 is 30.4 Å². The van der Waals surface area contributed by atoms with Gasteiger partial charge in [-0.15, -0.1) is 0 Å². The van der Waals surface area contributed by atoms with Crippen LogP contribution >= 0.6 is 7.14 Å². The van der Waals surface area contributed by atoms with Crippen LogP contribution in [-0.2, 0) is 17.2 Å². The lowest BCUT2D eigenvalue weighted by Gasteiger charge is -2.41. The van der Waals surface area contributed by atoms with Crippen LogP contribution in [0.3, 0.4) is 0 Å². The lowest BCUT2D eigenvalue weighted by Crippen LogP contribution is -2.52. The molecule has 0 unspecified atom stereocenters. The van der Waals surface area contributed by atoms with E-state index in [0.29, 0.717) is 46.0 Å². The summed E-state index contributed by atoms with van der Waals surface area (Å²) in [5, 5.41) is 10.9. The molecule has 45 heavy (non-hydrogen) atoms. The van der Waals surface area contributed by atoms with E-state index in [1.807, 2.05) is 25.1 Å². The van der Waals surface area contributed by atoms with Gasteiger partial charge in [0.15, 0.2) is 0 Å². The molecule has 240 valence electrons. The van der Waals surface area contributed by atoms with Crippen molar-refractivity contribution in [3.63, 3.8) is 0 Å². The van der Waals surface area contributed by atoms with Gasteiger partial charge in [0.2, 0.25) is 5.95 Å². The number of rotatable bonds is 8. The lowest BCUT2D eigenvalue weighted by molar-refractivity contribution is -0.136. The fourth-order valence-corrected chi connectivity index (χ4v) is 7.61. The van der Waals surface area contributed by atoms with Crippen molar-refractivity contribution in [1.82, 2.24) is 25.2 Å². The summed E-state index contributed by atoms with van der Waals surface area (Å²) in [7, 11) is -2.63. The molecule has 2 aromatic heterocycles. The van der Waals surface area contributed by atoms with Crippen molar-refractivity contribution in [3.05, 3.63) is 59.8 Å². The summed E-state index contributed by atoms with van der Waals surface area (Å²) < 4.78 is 56.8. The summed E-state index contributed by atoms with van der Waals surface area (Å²) in [5.74, 6) is 0.399. The third-order valence-electron chi connectivity index (χ3n) is 8.78. The summed E-state index contributed by atoms with van der Waals surface area (Å²) in [6.07, 6.45) is -0.463. The van der Waals surface area contributed by atoms with Crippen molar-refractivity contribution in [2.75, 3.05) is 68.1 Å². The van der Waals surface area contributed by atoms with E-state index >= 15 is 0 Å². The first-order valence-corrected chi connectivity index (χ1v) is 18.1. The molecular weight excluding hydrogens is 600 g/mol. The van der Waals surface area contributed by atoms with Crippen molar-refractivity contribution < 1.29 is 17.7 Å². The number of alkyl halides is 3. The van der Waals surface area contributed by atoms with Crippen molar-refractivity contribution >= 4 is 52.3 Å². The third kappa shape index (κ3) is 6.83. The number of anilines is 5. The van der Waals surface area contributed by atoms with Gasteiger partial charge in [0.05, 0.1) is 22.3 Å². The number of aromatic amines is 1. The molecule has 0 bridgehead atoms. The van der Waals surface area contributed by atoms with Gasteiger partial charge in [0.25, 0.3) is 0 Å². The number of piperidine rings is 1. The predicted molar refractivity (Wildman–Crippen MR) is 176 cm³/mol. The fourth-order valence-electron chi connectivity index (χ4n) is 6.46. The number of hydrogen-bond acceptors (Lipinski definition) is 8. The number of halogens is 3. The van der Waals surface area contributed by atoms with Crippen molar-refractivity contribution in [1.29, 1.82) is 0 Å². The number of fused-ring (bicyclic) bond motifs is 1. The van der Waals surface area contributed by atoms with E-state index in [4.69, 9.17) is 0 Å². The number of hydrogen-bond donors (Lipinski definition) is 4. The normalized spacial score (nSPS) is 17.2. The molecule has 4 heterocycles. The first-order chi connectivity index (χ1) is 21.5. The molecule has 2 aliphatic heterocycles. The lowest BCUT2D eigenvalue weighted by atomic mass is 9.98. The van der Waals surface area contributed by atoms with Gasteiger partial charge in [-0.25, -0.2) is 0 Å². The van der Waals surface area contributed by atoms with E-state index in [0.717, 1.165) is 57.7 Å². The van der Waals surface area contributed by atoms with Crippen LogP contribution in [0.1, 0.15) is 30.9 Å². The van der Waals surface area contributed by atoms with Gasteiger partial charge in [0, 0.05) is 62.5 Å². The highest BCUT2D eigenvalue weighted by Crippen LogP contribution is 2.42. The number of aromatic nitrogens is 3. The second-order valence-corrected chi connectivity index (χ2v) is 15.3. The van der Waals surface area contributed by atoms with Crippen LogP contribution in [0.4, 0.5) is 42.0 Å². The van der Waals surface area contributed by atoms with E-state index in [2.05, 4.69) is 40.7 Å². The fraction of sp³-hybridized carbons (Fsp3) is 0.438. The Labute approximate surface area is 261 Å². The minimum atomic E-state index is -4.59. The number of piperazine rings is 1. The predicted octanol–water partition coefficient (Wildman–Crippen LogP) is 6.15. The molecule has 0 amide bonds. The molecule has 4 aromatic rings. The highest BCUT2D eigenvalue weighted by atomic mass is 31.2. The average molecular weight is 641 g/mol. The minimum absolute atomic E-state index is 0.0123. The Morgan fingerprint density at radius 2 is 1.71 bits per heavy atom. The molecule has 0 radical (unpaired) electrons. The van der Waals surface area contributed by atoms with E-state index < -0.39 is 18.9 Å². The zero-order valence-corrected chi connectivity index (χ0v) is 26.7. The van der Waals surface area contributed by atoms with E-state index in [1.54, 1.807) is 37.7 Å². The maximum Gasteiger partial charge on any atom is 0.418 e. The second kappa shape index (κ2) is 12.7. The summed E-state index contributed by atoms with van der Waals surface area (Å²) in [6.45, 7) is 10.8. The van der Waals surface area contributed by atoms with Crippen molar-refractivity contribution in [2.24, 2.45) is 0 Å². The number of nitrogens with zero attached hydrogens (tertiary/aromatic N) is 4. The van der Waals surface area contributed by atoms with Crippen LogP contribution in [0.2, 0.25) is 0 Å². The number of benzene rings is 2. The highest BCUT2D eigenvalue weighted by Gasteiger charge is 2.36. The molecule has 2 saturated heterocycles. The third-order valence-corrected chi connectivity index (χ3v) is 10.3. The Bertz CT molecular complexity index is 1700. The van der Waals surface area contributed by atoms with Crippen LogP contribution in [0, 0.1) is 0 Å². The Morgan fingerprint density at radius 3 is 2.40 bits per heavy atom. The zero-order valence-electron chi connectivity index (χ0n) is 25.8. The Balaban J connectivity index is 1.31. The molecule has 9 nitrogen and oxygen atoms in total. The number of H-pyrrole nitrogens is 1. The quantitative estimate of drug-likeness (QED) is 0.170. The Kier molecular flexibility index (Phi) is 8.83. The maximum absolute atomic E-state index is 14.6. The van der Waals surface area contributed by atoms with Gasteiger partial charge in [0.1, 0.15) is 18.6 Å². The summed E-state index contributed by atoms with van der Waals surface area (Å²) in [6, 6.07) is 12.4. The Morgan fingerprint density at radius 1 is 0.978 bits per heavy atom. The van der Waals surface area contributed by atoms with Crippen LogP contribution in [-0.4, -0.2) is 78.5 Å². The van der Waals surface area contributed by atoms with E-state index in [9.17, 15) is 17.7 Å². The monoisotopic (exact) mass is 640 g/mol. The number of nitrogens with one attached hydrogen (secondary N) is 4. The molecule has 0 saturated carbocycles. The molecule has 2 aromatic carbocycles. The molecular formula is C32H40F3N8OP. The summed E-state index contributed by atoms with van der Waals surface area (Å²) >= 11 is 0. The maximum atomic E-state index is 14.6. The molecule has 0 aliphatic carbocycles. The molecule has 4 N–H and O–H groups in total. The Hall–Kier alpha value is -3.60. The first-order valence-electron chi connectivity index (χ1n) is 15.5. The van der Waals surface area contributed by atoms with E-state index in [1.165, 1.54) is 6.07 Å². The van der Waals surface area contributed by atoms with Gasteiger partial charge in [-0.1, -0.05) is 19.1 Å². The molecule has 6 rings (SSSR count). The van der Waals surface area contributed by atoms with Gasteiger partial charge in [-0.3, -0.25) is 4.90 Å². The second-order valence-electron chi connectivity index (χ2n) is 12.1. The smallest absolute Gasteiger partial charge is 0.371 e.